The molecular formula is C18H48N2O2. The SMILES string of the molecule is C.CC[N+](CC)(CC)C(C)OC.COC(C)[N+](C)(C)C.[CH3-].[CH3-]. The van der Waals surface area contributed by atoms with Gasteiger partial charge in [-0.3, -0.25) is 4.48 Å². The molecule has 0 heterocycles. The van der Waals surface area contributed by atoms with Crippen LogP contribution in [0.1, 0.15) is 42.0 Å². The summed E-state index contributed by atoms with van der Waals surface area (Å²) in [5, 5.41) is 0. The Hall–Kier alpha value is -0.160. The summed E-state index contributed by atoms with van der Waals surface area (Å²) in [6.45, 7) is 14.3. The smallest absolute Gasteiger partial charge is 0.190 e. The highest BCUT2D eigenvalue weighted by atomic mass is 16.5. The van der Waals surface area contributed by atoms with Gasteiger partial charge in [-0.2, -0.15) is 0 Å². The van der Waals surface area contributed by atoms with Crippen molar-refractivity contribution in [2.24, 2.45) is 0 Å². The molecule has 0 amide bonds. The number of quaternary nitrogens is 2. The predicted molar refractivity (Wildman–Crippen MR) is 102 cm³/mol. The summed E-state index contributed by atoms with van der Waals surface area (Å²) in [5.74, 6) is 0. The Morgan fingerprint density at radius 3 is 1.05 bits per heavy atom. The Balaban J connectivity index is -0.0000000798. The summed E-state index contributed by atoms with van der Waals surface area (Å²) in [6, 6.07) is 0. The Kier molecular flexibility index (Phi) is 23.9. The molecule has 142 valence electrons. The monoisotopic (exact) mass is 324 g/mol. The van der Waals surface area contributed by atoms with Crippen molar-refractivity contribution in [3.63, 3.8) is 0 Å². The van der Waals surface area contributed by atoms with Gasteiger partial charge in [-0.25, -0.2) is 0 Å². The van der Waals surface area contributed by atoms with Crippen LogP contribution < -0.4 is 0 Å². The van der Waals surface area contributed by atoms with E-state index in [-0.39, 0.29) is 28.5 Å². The van der Waals surface area contributed by atoms with Gasteiger partial charge in [0.05, 0.1) is 40.8 Å². The van der Waals surface area contributed by atoms with Crippen molar-refractivity contribution in [2.45, 2.75) is 54.5 Å². The molecule has 2 unspecified atom stereocenters. The van der Waals surface area contributed by atoms with Crippen molar-refractivity contribution in [3.8, 4) is 0 Å². The van der Waals surface area contributed by atoms with Gasteiger partial charge in [-0.1, -0.05) is 7.43 Å². The van der Waals surface area contributed by atoms with E-state index in [1.807, 2.05) is 0 Å². The van der Waals surface area contributed by atoms with E-state index in [9.17, 15) is 0 Å². The lowest BCUT2D eigenvalue weighted by molar-refractivity contribution is -0.964. The number of nitrogens with zero attached hydrogens (tertiary/aromatic N) is 2. The van der Waals surface area contributed by atoms with E-state index in [0.29, 0.717) is 6.23 Å². The Labute approximate surface area is 143 Å². The van der Waals surface area contributed by atoms with E-state index in [1.54, 1.807) is 14.2 Å². The van der Waals surface area contributed by atoms with Crippen LogP contribution in [0.3, 0.4) is 0 Å². The number of hydrogen-bond acceptors (Lipinski definition) is 2. The van der Waals surface area contributed by atoms with E-state index < -0.39 is 0 Å². The summed E-state index contributed by atoms with van der Waals surface area (Å²) in [5.41, 5.74) is 0. The molecule has 2 atom stereocenters. The Morgan fingerprint density at radius 2 is 1.00 bits per heavy atom. The maximum absolute atomic E-state index is 5.36. The van der Waals surface area contributed by atoms with Crippen LogP contribution >= 0.6 is 0 Å². The maximum Gasteiger partial charge on any atom is 0.190 e. The molecule has 4 heteroatoms. The lowest BCUT2D eigenvalue weighted by Gasteiger charge is -2.40. The Morgan fingerprint density at radius 1 is 0.727 bits per heavy atom. The van der Waals surface area contributed by atoms with Gasteiger partial charge in [0.25, 0.3) is 0 Å². The summed E-state index contributed by atoms with van der Waals surface area (Å²) in [6.07, 6.45) is 0.616. The van der Waals surface area contributed by atoms with E-state index in [2.05, 4.69) is 55.8 Å². The maximum atomic E-state index is 5.36. The van der Waals surface area contributed by atoms with Crippen LogP contribution in [-0.4, -0.2) is 76.4 Å². The standard InChI is InChI=1S/C9H22NO.C6H16NO.CH4.2CH3/c1-6-10(7-2,8-3)9(4)11-5;1-6(8-5)7(2,3)4;;;/h9H,6-8H2,1-5H3;6H,1-5H3;1H4;2*1H3/q2*+1;;2*-1. The first-order valence-electron chi connectivity index (χ1n) is 7.37. The van der Waals surface area contributed by atoms with Crippen molar-refractivity contribution >= 4 is 0 Å². The first kappa shape index (κ1) is 33.4. The van der Waals surface area contributed by atoms with Gasteiger partial charge in [-0.15, -0.1) is 0 Å². The fraction of sp³-hybridized carbons (Fsp3) is 0.889. The molecule has 0 aliphatic heterocycles. The van der Waals surface area contributed by atoms with Crippen molar-refractivity contribution in [1.82, 2.24) is 0 Å². The van der Waals surface area contributed by atoms with E-state index >= 15 is 0 Å². The van der Waals surface area contributed by atoms with Crippen LogP contribution in [0.4, 0.5) is 0 Å². The third-order valence-electron chi connectivity index (χ3n) is 4.43. The molecule has 0 aliphatic rings. The highest BCUT2D eigenvalue weighted by Gasteiger charge is 2.27. The largest absolute Gasteiger partial charge is 0.358 e. The molecule has 0 aromatic carbocycles. The first-order valence-corrected chi connectivity index (χ1v) is 7.37. The van der Waals surface area contributed by atoms with E-state index in [4.69, 9.17) is 9.47 Å². The third kappa shape index (κ3) is 11.4. The quantitative estimate of drug-likeness (QED) is 0.399. The van der Waals surface area contributed by atoms with Crippen LogP contribution in [0, 0.1) is 14.9 Å². The van der Waals surface area contributed by atoms with Crippen molar-refractivity contribution in [2.75, 3.05) is 55.0 Å². The second-order valence-corrected chi connectivity index (χ2v) is 5.95. The molecule has 0 saturated heterocycles. The number of rotatable bonds is 7. The fourth-order valence-corrected chi connectivity index (χ4v) is 1.98. The molecule has 4 nitrogen and oxygen atoms in total. The van der Waals surface area contributed by atoms with Crippen LogP contribution in [-0.2, 0) is 9.47 Å². The van der Waals surface area contributed by atoms with Crippen molar-refractivity contribution < 1.29 is 18.4 Å². The molecule has 0 aliphatic carbocycles. The fourth-order valence-electron chi connectivity index (χ4n) is 1.98. The van der Waals surface area contributed by atoms with Crippen LogP contribution in [0.15, 0.2) is 0 Å². The molecule has 0 saturated carbocycles. The summed E-state index contributed by atoms with van der Waals surface area (Å²) in [7, 11) is 9.84. The molecule has 0 aromatic heterocycles. The summed E-state index contributed by atoms with van der Waals surface area (Å²) < 4.78 is 12.4. The molecule has 0 N–H and O–H groups in total. The average Bonchev–Trinajstić information content (AvgIpc) is 2.39. The average molecular weight is 325 g/mol. The third-order valence-corrected chi connectivity index (χ3v) is 4.43. The molecule has 0 fully saturated rings. The zero-order valence-corrected chi connectivity index (χ0v) is 17.0. The lowest BCUT2D eigenvalue weighted by Crippen LogP contribution is -2.54. The topological polar surface area (TPSA) is 18.5 Å². The number of ether oxygens (including phenoxy) is 2. The molecule has 0 aromatic rings. The second kappa shape index (κ2) is 15.7. The number of methoxy groups -OCH3 is 2. The predicted octanol–water partition coefficient (Wildman–Crippen LogP) is 4.08. The Bertz CT molecular complexity index is 203. The van der Waals surface area contributed by atoms with Gasteiger partial charge in [0.2, 0.25) is 0 Å². The van der Waals surface area contributed by atoms with Gasteiger partial charge in [0, 0.05) is 28.1 Å². The van der Waals surface area contributed by atoms with E-state index in [0.717, 1.165) is 28.6 Å². The zero-order valence-electron chi connectivity index (χ0n) is 17.0. The minimum atomic E-state index is 0. The van der Waals surface area contributed by atoms with E-state index in [1.165, 1.54) is 0 Å². The van der Waals surface area contributed by atoms with Crippen LogP contribution in [0.2, 0.25) is 0 Å². The highest BCUT2D eigenvalue weighted by molar-refractivity contribution is 4.38. The molecular weight excluding hydrogens is 276 g/mol. The van der Waals surface area contributed by atoms with Gasteiger partial charge in [0.1, 0.15) is 0 Å². The molecule has 0 bridgehead atoms. The van der Waals surface area contributed by atoms with Gasteiger partial charge >= 0.3 is 0 Å². The molecule has 22 heavy (non-hydrogen) atoms. The van der Waals surface area contributed by atoms with Gasteiger partial charge in [0.15, 0.2) is 12.5 Å². The van der Waals surface area contributed by atoms with Crippen LogP contribution in [0.25, 0.3) is 0 Å². The summed E-state index contributed by atoms with van der Waals surface area (Å²) in [4.78, 5) is 0. The first-order chi connectivity index (χ1) is 8.64. The normalized spacial score (nSPS) is 13.4. The minimum Gasteiger partial charge on any atom is -0.358 e. The number of hydrogen-bond donors (Lipinski definition) is 0. The minimum absolute atomic E-state index is 0. The van der Waals surface area contributed by atoms with Gasteiger partial charge in [-0.05, 0) is 20.8 Å². The molecule has 0 rings (SSSR count). The van der Waals surface area contributed by atoms with Crippen molar-refractivity contribution in [3.05, 3.63) is 14.9 Å². The van der Waals surface area contributed by atoms with Crippen molar-refractivity contribution in [1.29, 1.82) is 0 Å². The van der Waals surface area contributed by atoms with Gasteiger partial charge < -0.3 is 28.8 Å². The molecule has 0 radical (unpaired) electrons. The highest BCUT2D eigenvalue weighted by Crippen LogP contribution is 2.12. The summed E-state index contributed by atoms with van der Waals surface area (Å²) >= 11 is 0. The van der Waals surface area contributed by atoms with Crippen LogP contribution in [0.5, 0.6) is 0 Å². The molecule has 0 spiro atoms. The lowest BCUT2D eigenvalue weighted by atomic mass is 10.3. The zero-order chi connectivity index (χ0) is 15.7. The second-order valence-electron chi connectivity index (χ2n) is 5.95.